The predicted molar refractivity (Wildman–Crippen MR) is 79.7 cm³/mol. The van der Waals surface area contributed by atoms with Gasteiger partial charge in [0.2, 0.25) is 5.91 Å². The van der Waals surface area contributed by atoms with Crippen molar-refractivity contribution in [1.29, 1.82) is 0 Å². The lowest BCUT2D eigenvalue weighted by atomic mass is 10.1. The molecular weight excluding hydrogens is 278 g/mol. The van der Waals surface area contributed by atoms with Crippen LogP contribution in [-0.2, 0) is 19.1 Å². The Labute approximate surface area is 125 Å². The molecule has 1 aliphatic rings. The lowest BCUT2D eigenvalue weighted by Crippen LogP contribution is -2.47. The summed E-state index contributed by atoms with van der Waals surface area (Å²) in [6.45, 7) is 4.51. The largest absolute Gasteiger partial charge is 0.383 e. The first-order valence-electron chi connectivity index (χ1n) is 6.94. The molecule has 0 bridgehead atoms. The number of amides is 1. The van der Waals surface area contributed by atoms with Crippen molar-refractivity contribution < 1.29 is 19.1 Å². The summed E-state index contributed by atoms with van der Waals surface area (Å²) in [6, 6.07) is 0.245. The summed E-state index contributed by atoms with van der Waals surface area (Å²) < 4.78 is 10.4. The standard InChI is InChI=1S/C14H25NO4S/c1-10(9-20-11(2)16)14(17)15-12(7-18-3)5-6-13(15)8-19-4/h10,12-13H,5-9H2,1-4H3/t10-,12+,13+/m0/s1. The summed E-state index contributed by atoms with van der Waals surface area (Å²) in [4.78, 5) is 25.6. The monoisotopic (exact) mass is 303 g/mol. The molecule has 1 amide bonds. The van der Waals surface area contributed by atoms with Crippen LogP contribution in [0, 0.1) is 5.92 Å². The van der Waals surface area contributed by atoms with Crippen LogP contribution in [0.1, 0.15) is 26.7 Å². The summed E-state index contributed by atoms with van der Waals surface area (Å²) in [7, 11) is 3.31. The third-order valence-corrected chi connectivity index (χ3v) is 4.62. The Bertz CT molecular complexity index is 323. The number of nitrogens with zero attached hydrogens (tertiary/aromatic N) is 1. The zero-order valence-electron chi connectivity index (χ0n) is 12.8. The summed E-state index contributed by atoms with van der Waals surface area (Å²) in [5.74, 6) is 0.463. The summed E-state index contributed by atoms with van der Waals surface area (Å²) in [5, 5.41) is 0.0490. The Morgan fingerprint density at radius 1 is 1.20 bits per heavy atom. The van der Waals surface area contributed by atoms with Gasteiger partial charge in [-0.15, -0.1) is 0 Å². The minimum absolute atomic E-state index is 0.0490. The molecule has 1 rings (SSSR count). The Hall–Kier alpha value is -0.590. The van der Waals surface area contributed by atoms with E-state index >= 15 is 0 Å². The van der Waals surface area contributed by atoms with Crippen molar-refractivity contribution in [2.75, 3.05) is 33.2 Å². The molecule has 1 saturated heterocycles. The predicted octanol–water partition coefficient (Wildman–Crippen LogP) is 1.55. The van der Waals surface area contributed by atoms with Gasteiger partial charge in [-0.1, -0.05) is 18.7 Å². The van der Waals surface area contributed by atoms with E-state index in [1.807, 2.05) is 11.8 Å². The molecule has 1 heterocycles. The van der Waals surface area contributed by atoms with Crippen LogP contribution in [0.15, 0.2) is 0 Å². The second kappa shape index (κ2) is 8.64. The maximum atomic E-state index is 12.6. The van der Waals surface area contributed by atoms with Gasteiger partial charge in [-0.05, 0) is 12.8 Å². The minimum atomic E-state index is -0.166. The third-order valence-electron chi connectivity index (χ3n) is 3.55. The zero-order valence-corrected chi connectivity index (χ0v) is 13.6. The fourth-order valence-corrected chi connectivity index (χ4v) is 3.23. The van der Waals surface area contributed by atoms with E-state index < -0.39 is 0 Å². The molecule has 1 aliphatic heterocycles. The Balaban J connectivity index is 2.69. The summed E-state index contributed by atoms with van der Waals surface area (Å²) in [6.07, 6.45) is 1.89. The number of thioether (sulfide) groups is 1. The highest BCUT2D eigenvalue weighted by atomic mass is 32.2. The molecule has 0 aromatic heterocycles. The van der Waals surface area contributed by atoms with Gasteiger partial charge in [0.1, 0.15) is 0 Å². The van der Waals surface area contributed by atoms with Crippen molar-refractivity contribution in [2.45, 2.75) is 38.8 Å². The van der Waals surface area contributed by atoms with Crippen LogP contribution in [0.4, 0.5) is 0 Å². The number of hydrogen-bond donors (Lipinski definition) is 0. The molecule has 0 aromatic rings. The van der Waals surface area contributed by atoms with Gasteiger partial charge in [0.15, 0.2) is 5.12 Å². The molecule has 116 valence electrons. The van der Waals surface area contributed by atoms with Crippen LogP contribution < -0.4 is 0 Å². The topological polar surface area (TPSA) is 55.8 Å². The minimum Gasteiger partial charge on any atom is -0.383 e. The molecule has 0 N–H and O–H groups in total. The summed E-state index contributed by atoms with van der Waals surface area (Å²) in [5.41, 5.74) is 0. The molecule has 0 radical (unpaired) electrons. The lowest BCUT2D eigenvalue weighted by Gasteiger charge is -2.32. The number of carbonyl (C=O) groups excluding carboxylic acids is 2. The van der Waals surface area contributed by atoms with E-state index in [9.17, 15) is 9.59 Å². The molecule has 20 heavy (non-hydrogen) atoms. The Kier molecular flexibility index (Phi) is 7.55. The maximum absolute atomic E-state index is 12.6. The van der Waals surface area contributed by atoms with E-state index in [0.29, 0.717) is 19.0 Å². The molecule has 0 aromatic carbocycles. The number of likely N-dealkylation sites (tertiary alicyclic amines) is 1. The molecule has 0 spiro atoms. The number of ether oxygens (including phenoxy) is 2. The molecule has 3 atom stereocenters. The number of rotatable bonds is 7. The van der Waals surface area contributed by atoms with E-state index in [0.717, 1.165) is 12.8 Å². The fraction of sp³-hybridized carbons (Fsp3) is 0.857. The first kappa shape index (κ1) is 17.5. The van der Waals surface area contributed by atoms with Crippen molar-refractivity contribution >= 4 is 22.8 Å². The fourth-order valence-electron chi connectivity index (χ4n) is 2.60. The second-order valence-corrected chi connectivity index (χ2v) is 6.44. The SMILES string of the molecule is COC[C@H]1CC[C@H](COC)N1C(=O)[C@@H](C)CSC(C)=O. The second-order valence-electron chi connectivity index (χ2n) is 5.24. The van der Waals surface area contributed by atoms with E-state index in [-0.39, 0.29) is 29.0 Å². The van der Waals surface area contributed by atoms with Gasteiger partial charge in [-0.2, -0.15) is 0 Å². The van der Waals surface area contributed by atoms with Gasteiger partial charge in [0, 0.05) is 32.8 Å². The first-order valence-corrected chi connectivity index (χ1v) is 7.93. The van der Waals surface area contributed by atoms with Gasteiger partial charge in [-0.25, -0.2) is 0 Å². The van der Waals surface area contributed by atoms with Gasteiger partial charge in [0.05, 0.1) is 25.3 Å². The van der Waals surface area contributed by atoms with Crippen molar-refractivity contribution in [3.05, 3.63) is 0 Å². The Morgan fingerprint density at radius 3 is 2.10 bits per heavy atom. The highest BCUT2D eigenvalue weighted by Crippen LogP contribution is 2.27. The normalized spacial score (nSPS) is 23.9. The molecule has 0 unspecified atom stereocenters. The number of carbonyl (C=O) groups is 2. The third kappa shape index (κ3) is 4.75. The smallest absolute Gasteiger partial charge is 0.226 e. The molecular formula is C14H25NO4S. The quantitative estimate of drug-likeness (QED) is 0.714. The zero-order chi connectivity index (χ0) is 15.1. The van der Waals surface area contributed by atoms with Crippen molar-refractivity contribution in [1.82, 2.24) is 4.90 Å². The van der Waals surface area contributed by atoms with Crippen LogP contribution in [0.5, 0.6) is 0 Å². The average molecular weight is 303 g/mol. The lowest BCUT2D eigenvalue weighted by molar-refractivity contribution is -0.139. The van der Waals surface area contributed by atoms with Gasteiger partial charge in [0.25, 0.3) is 0 Å². The molecule has 6 heteroatoms. The van der Waals surface area contributed by atoms with Crippen LogP contribution in [-0.4, -0.2) is 61.2 Å². The molecule has 5 nitrogen and oxygen atoms in total. The van der Waals surface area contributed by atoms with E-state index in [2.05, 4.69) is 0 Å². The van der Waals surface area contributed by atoms with E-state index in [4.69, 9.17) is 9.47 Å². The van der Waals surface area contributed by atoms with E-state index in [1.165, 1.54) is 18.7 Å². The van der Waals surface area contributed by atoms with Gasteiger partial charge in [-0.3, -0.25) is 9.59 Å². The number of hydrogen-bond acceptors (Lipinski definition) is 5. The number of methoxy groups -OCH3 is 2. The van der Waals surface area contributed by atoms with E-state index in [1.54, 1.807) is 14.2 Å². The molecule has 1 fully saturated rings. The van der Waals surface area contributed by atoms with Gasteiger partial charge >= 0.3 is 0 Å². The van der Waals surface area contributed by atoms with Crippen molar-refractivity contribution in [3.63, 3.8) is 0 Å². The van der Waals surface area contributed by atoms with Crippen molar-refractivity contribution in [3.8, 4) is 0 Å². The highest BCUT2D eigenvalue weighted by molar-refractivity contribution is 8.13. The first-order chi connectivity index (χ1) is 9.51. The van der Waals surface area contributed by atoms with Crippen LogP contribution in [0.2, 0.25) is 0 Å². The van der Waals surface area contributed by atoms with Crippen LogP contribution >= 0.6 is 11.8 Å². The highest BCUT2D eigenvalue weighted by Gasteiger charge is 2.38. The Morgan fingerprint density at radius 2 is 1.70 bits per heavy atom. The maximum Gasteiger partial charge on any atom is 0.226 e. The van der Waals surface area contributed by atoms with Crippen LogP contribution in [0.25, 0.3) is 0 Å². The molecule has 0 aliphatic carbocycles. The average Bonchev–Trinajstić information content (AvgIpc) is 2.79. The van der Waals surface area contributed by atoms with Crippen LogP contribution in [0.3, 0.4) is 0 Å². The molecule has 0 saturated carbocycles. The van der Waals surface area contributed by atoms with Crippen molar-refractivity contribution in [2.24, 2.45) is 5.92 Å². The summed E-state index contributed by atoms with van der Waals surface area (Å²) >= 11 is 1.21. The van der Waals surface area contributed by atoms with Gasteiger partial charge < -0.3 is 14.4 Å².